The van der Waals surface area contributed by atoms with Gasteiger partial charge in [0.25, 0.3) is 0 Å². The summed E-state index contributed by atoms with van der Waals surface area (Å²) in [6.07, 6.45) is 1.88. The summed E-state index contributed by atoms with van der Waals surface area (Å²) in [5.41, 5.74) is 1.13. The zero-order chi connectivity index (χ0) is 15.5. The second-order valence-electron chi connectivity index (χ2n) is 5.56. The first-order valence-corrected chi connectivity index (χ1v) is 7.76. The van der Waals surface area contributed by atoms with E-state index in [1.807, 2.05) is 36.5 Å². The molecular weight excluding hydrogens is 286 g/mol. The summed E-state index contributed by atoms with van der Waals surface area (Å²) in [4.78, 5) is 4.56. The maximum absolute atomic E-state index is 5.92. The molecule has 0 spiro atoms. The Morgan fingerprint density at radius 2 is 1.70 bits per heavy atom. The van der Waals surface area contributed by atoms with E-state index in [2.05, 4.69) is 41.4 Å². The van der Waals surface area contributed by atoms with E-state index in [9.17, 15) is 0 Å². The Hall–Kier alpha value is -2.81. The van der Waals surface area contributed by atoms with E-state index in [0.717, 1.165) is 17.1 Å². The monoisotopic (exact) mass is 303 g/mol. The number of ether oxygens (including phenoxy) is 2. The molecule has 3 nitrogen and oxygen atoms in total. The number of hydrogen-bond acceptors (Lipinski definition) is 3. The maximum atomic E-state index is 5.92. The highest BCUT2D eigenvalue weighted by Crippen LogP contribution is 2.30. The molecule has 3 aromatic rings. The van der Waals surface area contributed by atoms with Crippen molar-refractivity contribution in [2.24, 2.45) is 4.99 Å². The Morgan fingerprint density at radius 1 is 0.913 bits per heavy atom. The minimum Gasteiger partial charge on any atom is -0.486 e. The predicted molar refractivity (Wildman–Crippen MR) is 92.8 cm³/mol. The Bertz CT molecular complexity index is 852. The van der Waals surface area contributed by atoms with E-state index in [-0.39, 0.29) is 6.10 Å². The van der Waals surface area contributed by atoms with E-state index < -0.39 is 0 Å². The van der Waals surface area contributed by atoms with Gasteiger partial charge in [-0.15, -0.1) is 0 Å². The summed E-state index contributed by atoms with van der Waals surface area (Å²) in [6.45, 7) is 1.11. The number of benzene rings is 3. The molecule has 1 unspecified atom stereocenters. The third-order valence-electron chi connectivity index (χ3n) is 3.93. The quantitative estimate of drug-likeness (QED) is 0.682. The first-order chi connectivity index (χ1) is 11.4. The number of rotatable bonds is 3. The highest BCUT2D eigenvalue weighted by atomic mass is 16.6. The van der Waals surface area contributed by atoms with Crippen molar-refractivity contribution in [1.29, 1.82) is 0 Å². The Kier molecular flexibility index (Phi) is 3.68. The third-order valence-corrected chi connectivity index (χ3v) is 3.93. The van der Waals surface area contributed by atoms with Gasteiger partial charge in [-0.05, 0) is 22.9 Å². The molecule has 4 rings (SSSR count). The smallest absolute Gasteiger partial charge is 0.161 e. The maximum Gasteiger partial charge on any atom is 0.161 e. The molecular formula is C20H17NO2. The molecule has 0 fully saturated rings. The van der Waals surface area contributed by atoms with Crippen LogP contribution in [0.1, 0.15) is 5.56 Å². The molecule has 0 radical (unpaired) electrons. The molecule has 0 bridgehead atoms. The number of fused-ring (bicyclic) bond motifs is 2. The average molecular weight is 303 g/mol. The summed E-state index contributed by atoms with van der Waals surface area (Å²) in [7, 11) is 0. The lowest BCUT2D eigenvalue weighted by molar-refractivity contribution is 0.0973. The van der Waals surface area contributed by atoms with Gasteiger partial charge in [0, 0.05) is 11.8 Å². The average Bonchev–Trinajstić information content (AvgIpc) is 2.62. The summed E-state index contributed by atoms with van der Waals surface area (Å²) >= 11 is 0. The molecule has 23 heavy (non-hydrogen) atoms. The number of para-hydroxylation sites is 2. The highest BCUT2D eigenvalue weighted by molar-refractivity contribution is 5.99. The van der Waals surface area contributed by atoms with Gasteiger partial charge in [0.2, 0.25) is 0 Å². The largest absolute Gasteiger partial charge is 0.486 e. The fourth-order valence-electron chi connectivity index (χ4n) is 2.78. The number of nitrogens with zero attached hydrogens (tertiary/aromatic N) is 1. The fraction of sp³-hybridized carbons (Fsp3) is 0.150. The number of hydrogen-bond donors (Lipinski definition) is 0. The third kappa shape index (κ3) is 2.90. The zero-order valence-corrected chi connectivity index (χ0v) is 12.7. The van der Waals surface area contributed by atoms with Crippen LogP contribution in [0.25, 0.3) is 10.8 Å². The van der Waals surface area contributed by atoms with E-state index in [1.165, 1.54) is 10.8 Å². The molecule has 0 aromatic heterocycles. The van der Waals surface area contributed by atoms with Crippen LogP contribution in [0, 0.1) is 0 Å². The van der Waals surface area contributed by atoms with Crippen LogP contribution >= 0.6 is 0 Å². The van der Waals surface area contributed by atoms with Crippen LogP contribution < -0.4 is 9.47 Å². The van der Waals surface area contributed by atoms with Gasteiger partial charge in [0.1, 0.15) is 6.61 Å². The van der Waals surface area contributed by atoms with E-state index in [4.69, 9.17) is 9.47 Å². The summed E-state index contributed by atoms with van der Waals surface area (Å²) in [6, 6.07) is 22.3. The molecule has 3 aromatic carbocycles. The Labute approximate surface area is 135 Å². The van der Waals surface area contributed by atoms with Gasteiger partial charge in [-0.2, -0.15) is 0 Å². The summed E-state index contributed by atoms with van der Waals surface area (Å²) in [5, 5.41) is 2.44. The van der Waals surface area contributed by atoms with Crippen molar-refractivity contribution in [3.8, 4) is 11.5 Å². The minimum atomic E-state index is -0.0453. The molecule has 3 heteroatoms. The van der Waals surface area contributed by atoms with Crippen LogP contribution in [-0.2, 0) is 0 Å². The minimum absolute atomic E-state index is 0.0453. The topological polar surface area (TPSA) is 30.8 Å². The van der Waals surface area contributed by atoms with Gasteiger partial charge in [-0.25, -0.2) is 0 Å². The molecule has 1 atom stereocenters. The van der Waals surface area contributed by atoms with Crippen molar-refractivity contribution in [3.63, 3.8) is 0 Å². The van der Waals surface area contributed by atoms with Gasteiger partial charge in [0.15, 0.2) is 17.6 Å². The second kappa shape index (κ2) is 6.13. The molecule has 0 amide bonds. The van der Waals surface area contributed by atoms with Crippen molar-refractivity contribution < 1.29 is 9.47 Å². The Morgan fingerprint density at radius 3 is 2.65 bits per heavy atom. The number of aliphatic imine (C=N–C) groups is 1. The molecule has 0 aliphatic carbocycles. The van der Waals surface area contributed by atoms with Crippen molar-refractivity contribution in [2.45, 2.75) is 6.10 Å². The van der Waals surface area contributed by atoms with Gasteiger partial charge in [-0.3, -0.25) is 4.99 Å². The van der Waals surface area contributed by atoms with Crippen LogP contribution in [0.4, 0.5) is 0 Å². The second-order valence-corrected chi connectivity index (χ2v) is 5.56. The molecule has 0 saturated carbocycles. The molecule has 1 aliphatic heterocycles. The summed E-state index contributed by atoms with van der Waals surface area (Å²) in [5.74, 6) is 1.60. The van der Waals surface area contributed by atoms with Crippen molar-refractivity contribution in [2.75, 3.05) is 13.2 Å². The van der Waals surface area contributed by atoms with Crippen LogP contribution in [0.15, 0.2) is 71.7 Å². The lowest BCUT2D eigenvalue weighted by Gasteiger charge is -2.25. The first-order valence-electron chi connectivity index (χ1n) is 7.76. The SMILES string of the molecule is C(=NCC1COc2ccccc2O1)c1cccc2ccccc12. The van der Waals surface area contributed by atoms with Crippen LogP contribution in [0.2, 0.25) is 0 Å². The van der Waals surface area contributed by atoms with E-state index in [1.54, 1.807) is 0 Å². The molecule has 1 heterocycles. The molecule has 0 N–H and O–H groups in total. The predicted octanol–water partition coefficient (Wildman–Crippen LogP) is 4.10. The molecule has 0 saturated heterocycles. The summed E-state index contributed by atoms with van der Waals surface area (Å²) < 4.78 is 11.6. The van der Waals surface area contributed by atoms with Crippen molar-refractivity contribution >= 4 is 17.0 Å². The van der Waals surface area contributed by atoms with E-state index >= 15 is 0 Å². The van der Waals surface area contributed by atoms with Crippen LogP contribution in [0.3, 0.4) is 0 Å². The van der Waals surface area contributed by atoms with Crippen LogP contribution in [-0.4, -0.2) is 25.5 Å². The lowest BCUT2D eigenvalue weighted by Crippen LogP contribution is -2.31. The lowest BCUT2D eigenvalue weighted by atomic mass is 10.1. The van der Waals surface area contributed by atoms with Crippen LogP contribution in [0.5, 0.6) is 11.5 Å². The molecule has 1 aliphatic rings. The van der Waals surface area contributed by atoms with E-state index in [0.29, 0.717) is 13.2 Å². The first kappa shape index (κ1) is 13.8. The van der Waals surface area contributed by atoms with Gasteiger partial charge in [0.05, 0.1) is 6.54 Å². The normalized spacial score (nSPS) is 16.8. The molecule has 114 valence electrons. The highest BCUT2D eigenvalue weighted by Gasteiger charge is 2.19. The van der Waals surface area contributed by atoms with Gasteiger partial charge < -0.3 is 9.47 Å². The van der Waals surface area contributed by atoms with Crippen molar-refractivity contribution in [1.82, 2.24) is 0 Å². The van der Waals surface area contributed by atoms with Gasteiger partial charge >= 0.3 is 0 Å². The van der Waals surface area contributed by atoms with Crippen molar-refractivity contribution in [3.05, 3.63) is 72.3 Å². The fourth-order valence-corrected chi connectivity index (χ4v) is 2.78. The standard InChI is InChI=1S/C20H17NO2/c1-2-9-18-15(6-1)7-5-8-16(18)12-21-13-17-14-22-19-10-3-4-11-20(19)23-17/h1-12,17H,13-14H2. The zero-order valence-electron chi connectivity index (χ0n) is 12.7. The van der Waals surface area contributed by atoms with Gasteiger partial charge in [-0.1, -0.05) is 54.6 Å². The Balaban J connectivity index is 1.48.